The Hall–Kier alpha value is -2.30. The van der Waals surface area contributed by atoms with E-state index < -0.39 is 0 Å². The molecule has 0 fully saturated rings. The molecule has 17 heavy (non-hydrogen) atoms. The summed E-state index contributed by atoms with van der Waals surface area (Å²) in [6.45, 7) is 0.764. The van der Waals surface area contributed by atoms with Crippen LogP contribution in [0.15, 0.2) is 36.9 Å². The predicted octanol–water partition coefficient (Wildman–Crippen LogP) is 1.91. The van der Waals surface area contributed by atoms with Crippen molar-refractivity contribution in [2.75, 3.05) is 5.32 Å². The molecule has 0 aliphatic carbocycles. The minimum atomic E-state index is 0.764. The fraction of sp³-hybridized carbons (Fsp3) is 0.167. The normalized spacial score (nSPS) is 10.9. The van der Waals surface area contributed by atoms with E-state index in [0.29, 0.717) is 0 Å². The Morgan fingerprint density at radius 2 is 2.29 bits per heavy atom. The molecule has 0 aliphatic rings. The Balaban J connectivity index is 1.78. The van der Waals surface area contributed by atoms with Gasteiger partial charge in [-0.3, -0.25) is 5.10 Å². The van der Waals surface area contributed by atoms with E-state index in [2.05, 4.69) is 26.6 Å². The number of aromatic amines is 1. The van der Waals surface area contributed by atoms with Crippen molar-refractivity contribution in [2.45, 2.75) is 6.54 Å². The Labute approximate surface area is 98.5 Å². The molecule has 0 unspecified atom stereocenters. The van der Waals surface area contributed by atoms with E-state index in [4.69, 9.17) is 0 Å². The number of aromatic nitrogens is 4. The second-order valence-electron chi connectivity index (χ2n) is 4.02. The first-order chi connectivity index (χ1) is 8.33. The van der Waals surface area contributed by atoms with Gasteiger partial charge in [-0.2, -0.15) is 5.10 Å². The van der Waals surface area contributed by atoms with Crippen LogP contribution < -0.4 is 5.32 Å². The third-order valence-corrected chi connectivity index (χ3v) is 2.83. The molecule has 2 aromatic heterocycles. The second-order valence-corrected chi connectivity index (χ2v) is 4.02. The minimum Gasteiger partial charge on any atom is -0.379 e. The average Bonchev–Trinajstić information content (AvgIpc) is 2.94. The lowest BCUT2D eigenvalue weighted by Crippen LogP contribution is -2.03. The molecule has 0 radical (unpaired) electrons. The van der Waals surface area contributed by atoms with Crippen molar-refractivity contribution in [3.05, 3.63) is 42.6 Å². The van der Waals surface area contributed by atoms with Crippen molar-refractivity contribution in [3.8, 4) is 0 Å². The molecule has 86 valence electrons. The van der Waals surface area contributed by atoms with E-state index >= 15 is 0 Å². The standard InChI is InChI=1S/C12H13N5/c1-17-8-13-6-11(17)7-14-10-2-3-12-9(4-10)5-15-16-12/h2-6,8,14H,7H2,1H3,(H,15,16). The summed E-state index contributed by atoms with van der Waals surface area (Å²) in [5, 5.41) is 11.4. The van der Waals surface area contributed by atoms with Gasteiger partial charge in [0.25, 0.3) is 0 Å². The van der Waals surface area contributed by atoms with Gasteiger partial charge in [-0.25, -0.2) is 4.98 Å². The highest BCUT2D eigenvalue weighted by molar-refractivity contribution is 5.81. The first-order valence-electron chi connectivity index (χ1n) is 5.45. The van der Waals surface area contributed by atoms with Crippen molar-refractivity contribution < 1.29 is 0 Å². The summed E-state index contributed by atoms with van der Waals surface area (Å²) in [5.74, 6) is 0. The largest absolute Gasteiger partial charge is 0.379 e. The number of anilines is 1. The van der Waals surface area contributed by atoms with Gasteiger partial charge >= 0.3 is 0 Å². The zero-order chi connectivity index (χ0) is 11.7. The number of benzene rings is 1. The van der Waals surface area contributed by atoms with E-state index in [1.165, 1.54) is 0 Å². The van der Waals surface area contributed by atoms with Gasteiger partial charge in [-0.15, -0.1) is 0 Å². The van der Waals surface area contributed by atoms with E-state index in [1.807, 2.05) is 36.1 Å². The second kappa shape index (κ2) is 3.93. The Morgan fingerprint density at radius 1 is 1.35 bits per heavy atom. The number of aryl methyl sites for hydroxylation is 1. The van der Waals surface area contributed by atoms with Crippen LogP contribution in [0.2, 0.25) is 0 Å². The van der Waals surface area contributed by atoms with Gasteiger partial charge in [0.15, 0.2) is 0 Å². The SMILES string of the molecule is Cn1cncc1CNc1ccc2[nH]ncc2c1. The van der Waals surface area contributed by atoms with Crippen molar-refractivity contribution in [1.82, 2.24) is 19.7 Å². The van der Waals surface area contributed by atoms with Crippen LogP contribution in [-0.2, 0) is 13.6 Å². The molecule has 0 saturated heterocycles. The predicted molar refractivity (Wildman–Crippen MR) is 66.6 cm³/mol. The van der Waals surface area contributed by atoms with Gasteiger partial charge in [-0.05, 0) is 18.2 Å². The molecule has 2 heterocycles. The summed E-state index contributed by atoms with van der Waals surface area (Å²) in [6.07, 6.45) is 5.49. The monoisotopic (exact) mass is 227 g/mol. The molecule has 0 bridgehead atoms. The molecule has 1 aromatic carbocycles. The van der Waals surface area contributed by atoms with Crippen LogP contribution in [-0.4, -0.2) is 19.7 Å². The topological polar surface area (TPSA) is 58.5 Å². The Morgan fingerprint density at radius 3 is 3.12 bits per heavy atom. The quantitative estimate of drug-likeness (QED) is 0.718. The minimum absolute atomic E-state index is 0.764. The molecule has 3 aromatic rings. The first kappa shape index (κ1) is 9.89. The highest BCUT2D eigenvalue weighted by Crippen LogP contribution is 2.17. The van der Waals surface area contributed by atoms with E-state index in [0.717, 1.165) is 28.8 Å². The third kappa shape index (κ3) is 1.87. The first-order valence-corrected chi connectivity index (χ1v) is 5.45. The number of H-pyrrole nitrogens is 1. The maximum absolute atomic E-state index is 4.08. The molecular weight excluding hydrogens is 214 g/mol. The molecular formula is C12H13N5. The van der Waals surface area contributed by atoms with Gasteiger partial charge in [0.2, 0.25) is 0 Å². The third-order valence-electron chi connectivity index (χ3n) is 2.83. The van der Waals surface area contributed by atoms with Crippen molar-refractivity contribution in [2.24, 2.45) is 7.05 Å². The zero-order valence-electron chi connectivity index (χ0n) is 9.51. The molecule has 0 aliphatic heterocycles. The molecule has 3 rings (SSSR count). The summed E-state index contributed by atoms with van der Waals surface area (Å²) >= 11 is 0. The summed E-state index contributed by atoms with van der Waals surface area (Å²) in [6, 6.07) is 6.14. The number of nitrogens with zero attached hydrogens (tertiary/aromatic N) is 3. The van der Waals surface area contributed by atoms with Gasteiger partial charge in [0, 0.05) is 24.3 Å². The Kier molecular flexibility index (Phi) is 2.29. The maximum atomic E-state index is 4.08. The summed E-state index contributed by atoms with van der Waals surface area (Å²) in [5.41, 5.74) is 3.29. The van der Waals surface area contributed by atoms with E-state index in [-0.39, 0.29) is 0 Å². The fourth-order valence-electron chi connectivity index (χ4n) is 1.80. The molecule has 0 atom stereocenters. The highest BCUT2D eigenvalue weighted by Gasteiger charge is 2.00. The van der Waals surface area contributed by atoms with Gasteiger partial charge in [0.05, 0.1) is 30.3 Å². The van der Waals surface area contributed by atoms with Crippen LogP contribution in [0.5, 0.6) is 0 Å². The lowest BCUT2D eigenvalue weighted by molar-refractivity contribution is 0.837. The summed E-state index contributed by atoms with van der Waals surface area (Å²) < 4.78 is 2.00. The smallest absolute Gasteiger partial charge is 0.0946 e. The van der Waals surface area contributed by atoms with Gasteiger partial charge in [0.1, 0.15) is 0 Å². The fourth-order valence-corrected chi connectivity index (χ4v) is 1.80. The van der Waals surface area contributed by atoms with Crippen LogP contribution in [0.4, 0.5) is 5.69 Å². The lowest BCUT2D eigenvalue weighted by atomic mass is 10.2. The zero-order valence-corrected chi connectivity index (χ0v) is 9.51. The van der Waals surface area contributed by atoms with Crippen LogP contribution in [0, 0.1) is 0 Å². The number of rotatable bonds is 3. The Bertz CT molecular complexity index is 637. The molecule has 2 N–H and O–H groups in total. The van der Waals surface area contributed by atoms with Crippen molar-refractivity contribution in [3.63, 3.8) is 0 Å². The number of fused-ring (bicyclic) bond motifs is 1. The number of nitrogens with one attached hydrogen (secondary N) is 2. The molecule has 0 spiro atoms. The summed E-state index contributed by atoms with van der Waals surface area (Å²) in [7, 11) is 1.99. The van der Waals surface area contributed by atoms with Gasteiger partial charge in [-0.1, -0.05) is 0 Å². The molecule has 5 nitrogen and oxygen atoms in total. The number of hydrogen-bond donors (Lipinski definition) is 2. The average molecular weight is 227 g/mol. The summed E-state index contributed by atoms with van der Waals surface area (Å²) in [4.78, 5) is 4.08. The maximum Gasteiger partial charge on any atom is 0.0946 e. The lowest BCUT2D eigenvalue weighted by Gasteiger charge is -2.06. The van der Waals surface area contributed by atoms with Crippen LogP contribution >= 0.6 is 0 Å². The van der Waals surface area contributed by atoms with Crippen molar-refractivity contribution >= 4 is 16.6 Å². The number of hydrogen-bond acceptors (Lipinski definition) is 3. The van der Waals surface area contributed by atoms with E-state index in [1.54, 1.807) is 6.33 Å². The van der Waals surface area contributed by atoms with Crippen LogP contribution in [0.25, 0.3) is 10.9 Å². The highest BCUT2D eigenvalue weighted by atomic mass is 15.1. The van der Waals surface area contributed by atoms with Crippen molar-refractivity contribution in [1.29, 1.82) is 0 Å². The van der Waals surface area contributed by atoms with Crippen LogP contribution in [0.1, 0.15) is 5.69 Å². The van der Waals surface area contributed by atoms with Gasteiger partial charge < -0.3 is 9.88 Å². The van der Waals surface area contributed by atoms with E-state index in [9.17, 15) is 0 Å². The molecule has 0 saturated carbocycles. The van der Waals surface area contributed by atoms with Crippen LogP contribution in [0.3, 0.4) is 0 Å². The molecule has 0 amide bonds. The molecule has 5 heteroatoms. The number of imidazole rings is 1.